The molecule has 0 radical (unpaired) electrons. The number of amides is 1. The minimum atomic E-state index is 0.0466. The zero-order chi connectivity index (χ0) is 16.1. The third kappa shape index (κ3) is 4.23. The lowest BCUT2D eigenvalue weighted by molar-refractivity contribution is -0.918. The van der Waals surface area contributed by atoms with Gasteiger partial charge in [0.25, 0.3) is 0 Å². The average molecular weight is 304 g/mol. The van der Waals surface area contributed by atoms with E-state index in [4.69, 9.17) is 0 Å². The number of carbonyl (C=O) groups excluding carboxylic acids is 1. The third-order valence-corrected chi connectivity index (χ3v) is 4.56. The van der Waals surface area contributed by atoms with E-state index >= 15 is 0 Å². The normalized spacial score (nSPS) is 16.8. The second-order valence-electron chi connectivity index (χ2n) is 6.80. The Morgan fingerprint density at radius 1 is 1.18 bits per heavy atom. The summed E-state index contributed by atoms with van der Waals surface area (Å²) in [5.74, 6) is 0.193. The fourth-order valence-electron chi connectivity index (χ4n) is 3.09. The largest absolute Gasteiger partial charge is 0.378 e. The minimum Gasteiger partial charge on any atom is -0.378 e. The van der Waals surface area contributed by atoms with Crippen LogP contribution in [0.5, 0.6) is 0 Å². The molecule has 0 aromatic heterocycles. The lowest BCUT2D eigenvalue weighted by Crippen LogP contribution is -3.11. The van der Waals surface area contributed by atoms with Crippen LogP contribution < -0.4 is 15.1 Å². The number of quaternary nitrogens is 1. The van der Waals surface area contributed by atoms with Crippen molar-refractivity contribution in [2.24, 2.45) is 5.92 Å². The molecule has 0 bridgehead atoms. The van der Waals surface area contributed by atoms with E-state index in [1.165, 1.54) is 37.2 Å². The molecule has 1 atom stereocenters. The SMILES string of the molecule is CC(C)C(=O)NC[C@@H](c1ccc(N(C)C)cc1)[NH+]1CCCC1. The highest BCUT2D eigenvalue weighted by atomic mass is 16.1. The molecule has 2 N–H and O–H groups in total. The van der Waals surface area contributed by atoms with E-state index in [0.29, 0.717) is 6.04 Å². The summed E-state index contributed by atoms with van der Waals surface area (Å²) >= 11 is 0. The monoisotopic (exact) mass is 304 g/mol. The quantitative estimate of drug-likeness (QED) is 0.830. The Morgan fingerprint density at radius 3 is 2.27 bits per heavy atom. The molecule has 1 heterocycles. The van der Waals surface area contributed by atoms with Crippen LogP contribution in [0, 0.1) is 5.92 Å². The van der Waals surface area contributed by atoms with E-state index in [1.807, 2.05) is 13.8 Å². The molecule has 1 aromatic rings. The summed E-state index contributed by atoms with van der Waals surface area (Å²) in [5, 5.41) is 3.12. The van der Waals surface area contributed by atoms with Crippen LogP contribution in [0.15, 0.2) is 24.3 Å². The first-order valence-electron chi connectivity index (χ1n) is 8.38. The first-order chi connectivity index (χ1) is 10.5. The highest BCUT2D eigenvalue weighted by molar-refractivity contribution is 5.77. The predicted octanol–water partition coefficient (Wildman–Crippen LogP) is 1.24. The van der Waals surface area contributed by atoms with Crippen LogP contribution in [0.3, 0.4) is 0 Å². The molecule has 1 aromatic carbocycles. The number of carbonyl (C=O) groups is 1. The molecule has 122 valence electrons. The van der Waals surface area contributed by atoms with Crippen LogP contribution in [0.1, 0.15) is 38.3 Å². The highest BCUT2D eigenvalue weighted by Crippen LogP contribution is 2.17. The van der Waals surface area contributed by atoms with E-state index in [1.54, 1.807) is 4.90 Å². The summed E-state index contributed by atoms with van der Waals surface area (Å²) < 4.78 is 0. The molecule has 1 aliphatic heterocycles. The fourth-order valence-corrected chi connectivity index (χ4v) is 3.09. The van der Waals surface area contributed by atoms with Gasteiger partial charge in [-0.15, -0.1) is 0 Å². The van der Waals surface area contributed by atoms with Crippen LogP contribution in [-0.4, -0.2) is 39.6 Å². The van der Waals surface area contributed by atoms with E-state index < -0.39 is 0 Å². The lowest BCUT2D eigenvalue weighted by atomic mass is 10.0. The lowest BCUT2D eigenvalue weighted by Gasteiger charge is -2.26. The highest BCUT2D eigenvalue weighted by Gasteiger charge is 2.28. The van der Waals surface area contributed by atoms with Gasteiger partial charge >= 0.3 is 0 Å². The molecule has 0 unspecified atom stereocenters. The van der Waals surface area contributed by atoms with Crippen LogP contribution in [0.25, 0.3) is 0 Å². The van der Waals surface area contributed by atoms with Crippen molar-refractivity contribution in [1.82, 2.24) is 5.32 Å². The summed E-state index contributed by atoms with van der Waals surface area (Å²) in [7, 11) is 4.11. The molecular weight excluding hydrogens is 274 g/mol. The summed E-state index contributed by atoms with van der Waals surface area (Å²) in [6.45, 7) is 7.03. The number of benzene rings is 1. The van der Waals surface area contributed by atoms with Gasteiger partial charge in [0.05, 0.1) is 19.6 Å². The molecule has 1 amide bonds. The summed E-state index contributed by atoms with van der Waals surface area (Å²) in [6, 6.07) is 9.13. The molecule has 1 fully saturated rings. The molecule has 0 spiro atoms. The van der Waals surface area contributed by atoms with Gasteiger partial charge < -0.3 is 15.1 Å². The molecule has 22 heavy (non-hydrogen) atoms. The molecule has 4 nitrogen and oxygen atoms in total. The number of nitrogens with zero attached hydrogens (tertiary/aromatic N) is 1. The van der Waals surface area contributed by atoms with Crippen molar-refractivity contribution in [3.8, 4) is 0 Å². The van der Waals surface area contributed by atoms with Crippen LogP contribution in [0.2, 0.25) is 0 Å². The molecule has 0 saturated carbocycles. The third-order valence-electron chi connectivity index (χ3n) is 4.56. The number of hydrogen-bond acceptors (Lipinski definition) is 2. The Balaban J connectivity index is 2.11. The van der Waals surface area contributed by atoms with Crippen molar-refractivity contribution >= 4 is 11.6 Å². The standard InChI is InChI=1S/C18H29N3O/c1-14(2)18(22)19-13-17(21-11-5-6-12-21)15-7-9-16(10-8-15)20(3)4/h7-10,14,17H,5-6,11-13H2,1-4H3,(H,19,22)/p+1/t17-/m0/s1. The smallest absolute Gasteiger partial charge is 0.222 e. The molecule has 4 heteroatoms. The second kappa shape index (κ2) is 7.63. The van der Waals surface area contributed by atoms with E-state index in [9.17, 15) is 4.79 Å². The fraction of sp³-hybridized carbons (Fsp3) is 0.611. The number of hydrogen-bond donors (Lipinski definition) is 2. The average Bonchev–Trinajstić information content (AvgIpc) is 3.01. The van der Waals surface area contributed by atoms with Gasteiger partial charge in [-0.1, -0.05) is 26.0 Å². The Labute approximate surface area is 134 Å². The maximum atomic E-state index is 11.9. The van der Waals surface area contributed by atoms with Gasteiger partial charge in [0.15, 0.2) is 0 Å². The van der Waals surface area contributed by atoms with Crippen molar-refractivity contribution < 1.29 is 9.69 Å². The second-order valence-corrected chi connectivity index (χ2v) is 6.80. The van der Waals surface area contributed by atoms with Crippen molar-refractivity contribution in [3.63, 3.8) is 0 Å². The topological polar surface area (TPSA) is 36.8 Å². The van der Waals surface area contributed by atoms with Gasteiger partial charge in [-0.3, -0.25) is 4.79 Å². The van der Waals surface area contributed by atoms with E-state index in [0.717, 1.165) is 6.54 Å². The van der Waals surface area contributed by atoms with Crippen LogP contribution in [0.4, 0.5) is 5.69 Å². The summed E-state index contributed by atoms with van der Waals surface area (Å²) in [6.07, 6.45) is 2.58. The van der Waals surface area contributed by atoms with E-state index in [2.05, 4.69) is 48.6 Å². The first kappa shape index (κ1) is 16.8. The summed E-state index contributed by atoms with van der Waals surface area (Å²) in [5.41, 5.74) is 2.54. The van der Waals surface area contributed by atoms with Crippen LogP contribution >= 0.6 is 0 Å². The molecule has 1 saturated heterocycles. The Morgan fingerprint density at radius 2 is 1.77 bits per heavy atom. The van der Waals surface area contributed by atoms with Gasteiger partial charge in [-0.25, -0.2) is 0 Å². The maximum Gasteiger partial charge on any atom is 0.222 e. The van der Waals surface area contributed by atoms with Gasteiger partial charge in [0.1, 0.15) is 6.04 Å². The van der Waals surface area contributed by atoms with Crippen molar-refractivity contribution in [2.45, 2.75) is 32.7 Å². The first-order valence-corrected chi connectivity index (χ1v) is 8.38. The zero-order valence-corrected chi connectivity index (χ0v) is 14.4. The number of rotatable bonds is 6. The molecule has 0 aliphatic carbocycles. The van der Waals surface area contributed by atoms with Crippen molar-refractivity contribution in [3.05, 3.63) is 29.8 Å². The van der Waals surface area contributed by atoms with Crippen LogP contribution in [-0.2, 0) is 4.79 Å². The maximum absolute atomic E-state index is 11.9. The number of anilines is 1. The van der Waals surface area contributed by atoms with Gasteiger partial charge in [-0.2, -0.15) is 0 Å². The molecular formula is C18H30N3O+. The molecule has 1 aliphatic rings. The minimum absolute atomic E-state index is 0.0466. The van der Waals surface area contributed by atoms with E-state index in [-0.39, 0.29) is 11.8 Å². The summed E-state index contributed by atoms with van der Waals surface area (Å²) in [4.78, 5) is 15.6. The number of nitrogens with one attached hydrogen (secondary N) is 2. The Kier molecular flexibility index (Phi) is 5.83. The van der Waals surface area contributed by atoms with Crippen molar-refractivity contribution in [1.29, 1.82) is 0 Å². The van der Waals surface area contributed by atoms with Gasteiger partial charge in [-0.05, 0) is 12.1 Å². The van der Waals surface area contributed by atoms with Crippen molar-refractivity contribution in [2.75, 3.05) is 38.6 Å². The zero-order valence-electron chi connectivity index (χ0n) is 14.4. The van der Waals surface area contributed by atoms with Gasteiger partial charge in [0, 0.05) is 44.1 Å². The Hall–Kier alpha value is -1.55. The Bertz CT molecular complexity index is 476. The molecule has 2 rings (SSSR count). The predicted molar refractivity (Wildman–Crippen MR) is 91.3 cm³/mol. The van der Waals surface area contributed by atoms with Gasteiger partial charge in [0.2, 0.25) is 5.91 Å². The number of likely N-dealkylation sites (tertiary alicyclic amines) is 1.